The third-order valence-corrected chi connectivity index (χ3v) is 2.77. The van der Waals surface area contributed by atoms with Gasteiger partial charge in [-0.25, -0.2) is 0 Å². The minimum atomic E-state index is -0.0628. The Kier molecular flexibility index (Phi) is 4.23. The first-order valence-corrected chi connectivity index (χ1v) is 5.77. The maximum atomic E-state index is 5.40. The zero-order valence-corrected chi connectivity index (χ0v) is 10.3. The molecule has 1 heterocycles. The van der Waals surface area contributed by atoms with Gasteiger partial charge < -0.3 is 18.9 Å². The maximum Gasteiger partial charge on any atom is 0.158 e. The highest BCUT2D eigenvalue weighted by atomic mass is 16.7. The molecule has 4 nitrogen and oxygen atoms in total. The van der Waals surface area contributed by atoms with Crippen LogP contribution in [0.25, 0.3) is 0 Å². The third-order valence-electron chi connectivity index (χ3n) is 2.77. The van der Waals surface area contributed by atoms with Gasteiger partial charge in [0.2, 0.25) is 0 Å². The van der Waals surface area contributed by atoms with E-state index < -0.39 is 0 Å². The van der Waals surface area contributed by atoms with Crippen molar-refractivity contribution in [3.63, 3.8) is 0 Å². The Labute approximate surface area is 101 Å². The van der Waals surface area contributed by atoms with E-state index in [0.717, 1.165) is 24.3 Å². The van der Waals surface area contributed by atoms with Gasteiger partial charge in [0.1, 0.15) is 11.5 Å². The van der Waals surface area contributed by atoms with Crippen LogP contribution in [-0.2, 0) is 15.9 Å². The van der Waals surface area contributed by atoms with E-state index >= 15 is 0 Å². The van der Waals surface area contributed by atoms with Gasteiger partial charge in [0.15, 0.2) is 6.29 Å². The summed E-state index contributed by atoms with van der Waals surface area (Å²) in [5, 5.41) is 0. The molecular formula is C13H18O4. The van der Waals surface area contributed by atoms with Crippen LogP contribution in [0.1, 0.15) is 12.0 Å². The van der Waals surface area contributed by atoms with Crippen molar-refractivity contribution in [3.05, 3.63) is 23.8 Å². The van der Waals surface area contributed by atoms with Gasteiger partial charge in [-0.2, -0.15) is 0 Å². The summed E-state index contributed by atoms with van der Waals surface area (Å²) >= 11 is 0. The number of methoxy groups -OCH3 is 2. The number of aryl methyl sites for hydroxylation is 1. The summed E-state index contributed by atoms with van der Waals surface area (Å²) in [4.78, 5) is 0. The van der Waals surface area contributed by atoms with Crippen LogP contribution < -0.4 is 9.47 Å². The number of ether oxygens (including phenoxy) is 4. The summed E-state index contributed by atoms with van der Waals surface area (Å²) in [7, 11) is 3.31. The SMILES string of the molecule is COc1cc(CCC2OCCO2)cc(OC)c1. The summed E-state index contributed by atoms with van der Waals surface area (Å²) < 4.78 is 21.3. The lowest BCUT2D eigenvalue weighted by atomic mass is 10.1. The second-order valence-electron chi connectivity index (χ2n) is 3.93. The Hall–Kier alpha value is -1.26. The van der Waals surface area contributed by atoms with Crippen molar-refractivity contribution >= 4 is 0 Å². The van der Waals surface area contributed by atoms with Gasteiger partial charge in [-0.05, 0) is 24.1 Å². The quantitative estimate of drug-likeness (QED) is 0.786. The molecule has 94 valence electrons. The molecule has 0 spiro atoms. The molecule has 0 aromatic heterocycles. The summed E-state index contributed by atoms with van der Waals surface area (Å²) in [6, 6.07) is 5.89. The minimum Gasteiger partial charge on any atom is -0.497 e. The fraction of sp³-hybridized carbons (Fsp3) is 0.538. The Morgan fingerprint density at radius 2 is 1.65 bits per heavy atom. The molecule has 2 rings (SSSR count). The summed E-state index contributed by atoms with van der Waals surface area (Å²) in [6.07, 6.45) is 1.68. The molecule has 0 bridgehead atoms. The molecule has 1 aliphatic rings. The lowest BCUT2D eigenvalue weighted by Gasteiger charge is -2.11. The maximum absolute atomic E-state index is 5.40. The van der Waals surface area contributed by atoms with E-state index in [0.29, 0.717) is 13.2 Å². The highest BCUT2D eigenvalue weighted by Crippen LogP contribution is 2.24. The zero-order chi connectivity index (χ0) is 12.1. The van der Waals surface area contributed by atoms with E-state index in [-0.39, 0.29) is 6.29 Å². The third kappa shape index (κ3) is 3.35. The molecule has 0 N–H and O–H groups in total. The molecule has 0 amide bonds. The first kappa shape index (κ1) is 12.2. The van der Waals surface area contributed by atoms with E-state index in [1.807, 2.05) is 18.2 Å². The van der Waals surface area contributed by atoms with Gasteiger partial charge in [-0.3, -0.25) is 0 Å². The topological polar surface area (TPSA) is 36.9 Å². The highest BCUT2D eigenvalue weighted by Gasteiger charge is 2.15. The van der Waals surface area contributed by atoms with Gasteiger partial charge in [0.05, 0.1) is 27.4 Å². The van der Waals surface area contributed by atoms with Gasteiger partial charge in [0.25, 0.3) is 0 Å². The molecule has 0 saturated carbocycles. The van der Waals surface area contributed by atoms with Crippen LogP contribution in [0.2, 0.25) is 0 Å². The normalized spacial score (nSPS) is 16.1. The highest BCUT2D eigenvalue weighted by molar-refractivity contribution is 5.38. The van der Waals surface area contributed by atoms with Crippen molar-refractivity contribution in [1.29, 1.82) is 0 Å². The van der Waals surface area contributed by atoms with Gasteiger partial charge in [-0.15, -0.1) is 0 Å². The average molecular weight is 238 g/mol. The van der Waals surface area contributed by atoms with Crippen molar-refractivity contribution in [1.82, 2.24) is 0 Å². The second-order valence-corrected chi connectivity index (χ2v) is 3.93. The number of rotatable bonds is 5. The lowest BCUT2D eigenvalue weighted by molar-refractivity contribution is -0.0462. The van der Waals surface area contributed by atoms with E-state index in [9.17, 15) is 0 Å². The largest absolute Gasteiger partial charge is 0.497 e. The van der Waals surface area contributed by atoms with Crippen molar-refractivity contribution in [3.8, 4) is 11.5 Å². The van der Waals surface area contributed by atoms with Crippen molar-refractivity contribution < 1.29 is 18.9 Å². The molecule has 17 heavy (non-hydrogen) atoms. The lowest BCUT2D eigenvalue weighted by Crippen LogP contribution is -2.08. The summed E-state index contributed by atoms with van der Waals surface area (Å²) in [5.74, 6) is 1.63. The summed E-state index contributed by atoms with van der Waals surface area (Å²) in [5.41, 5.74) is 1.17. The molecule has 1 saturated heterocycles. The van der Waals surface area contributed by atoms with Gasteiger partial charge in [-0.1, -0.05) is 0 Å². The predicted molar refractivity (Wildman–Crippen MR) is 63.6 cm³/mol. The molecule has 0 radical (unpaired) electrons. The molecule has 0 atom stereocenters. The molecule has 1 fully saturated rings. The Morgan fingerprint density at radius 1 is 1.06 bits per heavy atom. The molecule has 0 aliphatic carbocycles. The van der Waals surface area contributed by atoms with E-state index in [4.69, 9.17) is 18.9 Å². The molecule has 1 aromatic carbocycles. The van der Waals surface area contributed by atoms with Crippen LogP contribution in [-0.4, -0.2) is 33.7 Å². The van der Waals surface area contributed by atoms with E-state index in [1.54, 1.807) is 14.2 Å². The zero-order valence-electron chi connectivity index (χ0n) is 10.3. The van der Waals surface area contributed by atoms with Gasteiger partial charge >= 0.3 is 0 Å². The monoisotopic (exact) mass is 238 g/mol. The standard InChI is InChI=1S/C13H18O4/c1-14-11-7-10(8-12(9-11)15-2)3-4-13-16-5-6-17-13/h7-9,13H,3-6H2,1-2H3. The Balaban J connectivity index is 1.98. The number of benzene rings is 1. The smallest absolute Gasteiger partial charge is 0.158 e. The van der Waals surface area contributed by atoms with Crippen molar-refractivity contribution in [2.45, 2.75) is 19.1 Å². The first-order valence-electron chi connectivity index (χ1n) is 5.77. The van der Waals surface area contributed by atoms with Gasteiger partial charge in [0, 0.05) is 12.5 Å². The van der Waals surface area contributed by atoms with Crippen molar-refractivity contribution in [2.24, 2.45) is 0 Å². The fourth-order valence-corrected chi connectivity index (χ4v) is 1.87. The first-order chi connectivity index (χ1) is 8.31. The fourth-order valence-electron chi connectivity index (χ4n) is 1.87. The minimum absolute atomic E-state index is 0.0628. The number of hydrogen-bond donors (Lipinski definition) is 0. The molecule has 4 heteroatoms. The van der Waals surface area contributed by atoms with E-state index in [1.165, 1.54) is 5.56 Å². The molecule has 1 aromatic rings. The Morgan fingerprint density at radius 3 is 2.18 bits per heavy atom. The number of hydrogen-bond acceptors (Lipinski definition) is 4. The average Bonchev–Trinajstić information content (AvgIpc) is 2.89. The second kappa shape index (κ2) is 5.89. The Bertz CT molecular complexity index is 336. The van der Waals surface area contributed by atoms with E-state index in [2.05, 4.69) is 0 Å². The summed E-state index contributed by atoms with van der Waals surface area (Å²) in [6.45, 7) is 1.40. The van der Waals surface area contributed by atoms with Crippen molar-refractivity contribution in [2.75, 3.05) is 27.4 Å². The molecule has 0 unspecified atom stereocenters. The van der Waals surface area contributed by atoms with Crippen LogP contribution in [0.15, 0.2) is 18.2 Å². The van der Waals surface area contributed by atoms with Crippen LogP contribution in [0, 0.1) is 0 Å². The molecular weight excluding hydrogens is 220 g/mol. The predicted octanol–water partition coefficient (Wildman–Crippen LogP) is 2.01. The van der Waals surface area contributed by atoms with Crippen LogP contribution >= 0.6 is 0 Å². The van der Waals surface area contributed by atoms with Crippen LogP contribution in [0.4, 0.5) is 0 Å². The van der Waals surface area contributed by atoms with Crippen LogP contribution in [0.5, 0.6) is 11.5 Å². The van der Waals surface area contributed by atoms with Crippen LogP contribution in [0.3, 0.4) is 0 Å². The molecule has 1 aliphatic heterocycles.